The van der Waals surface area contributed by atoms with E-state index < -0.39 is 7.26 Å². The molecule has 0 saturated carbocycles. The average Bonchev–Trinajstić information content (AvgIpc) is 2.72. The highest BCUT2D eigenvalue weighted by Gasteiger charge is 2.48. The highest BCUT2D eigenvalue weighted by molar-refractivity contribution is 14.1. The Kier molecular flexibility index (Phi) is 6.86. The second-order valence-corrected chi connectivity index (χ2v) is 10.7. The van der Waals surface area contributed by atoms with E-state index in [0.717, 1.165) is 0 Å². The molecule has 4 rings (SSSR count). The zero-order chi connectivity index (χ0) is 17.8. The molecule has 0 radical (unpaired) electrons. The quantitative estimate of drug-likeness (QED) is 0.272. The lowest BCUT2D eigenvalue weighted by atomic mass is 10.3. The van der Waals surface area contributed by atoms with Gasteiger partial charge in [-0.1, -0.05) is 66.7 Å². The fourth-order valence-electron chi connectivity index (χ4n) is 3.54. The predicted octanol–water partition coefficient (Wildman–Crippen LogP) is 1.91. The summed E-state index contributed by atoms with van der Waals surface area (Å²) in [7, 11) is -1.95. The molecule has 0 fully saturated rings. The summed E-state index contributed by atoms with van der Waals surface area (Å²) in [6.07, 6.45) is 0. The molecular weight excluding hydrogens is 526 g/mol. The Morgan fingerprint density at radius 1 is 0.444 bits per heavy atom. The Bertz CT molecular complexity index is 892. The van der Waals surface area contributed by atoms with Crippen molar-refractivity contribution in [1.82, 2.24) is 0 Å². The smallest absolute Gasteiger partial charge is 0.145 e. The maximum Gasteiger partial charge on any atom is 0.145 e. The third kappa shape index (κ3) is 3.76. The summed E-state index contributed by atoms with van der Waals surface area (Å²) in [6, 6.07) is 41.8. The Morgan fingerprint density at radius 2 is 0.778 bits per heavy atom. The van der Waals surface area contributed by atoms with E-state index in [0.29, 0.717) is 0 Å². The molecule has 0 aliphatic rings. The molecule has 134 valence electrons. The van der Waals surface area contributed by atoms with Crippen molar-refractivity contribution in [1.29, 1.82) is 0 Å². The van der Waals surface area contributed by atoms with Crippen LogP contribution >= 0.6 is 29.9 Å². The van der Waals surface area contributed by atoms with E-state index in [1.807, 2.05) is 0 Å². The lowest BCUT2D eigenvalue weighted by Gasteiger charge is -2.28. The van der Waals surface area contributed by atoms with E-state index >= 15 is 0 Å². The van der Waals surface area contributed by atoms with Gasteiger partial charge >= 0.3 is 0 Å². The molecule has 0 unspecified atom stereocenters. The van der Waals surface area contributed by atoms with Gasteiger partial charge < -0.3 is 17.0 Å². The maximum absolute atomic E-state index is 2.49. The van der Waals surface area contributed by atoms with Gasteiger partial charge in [0.2, 0.25) is 0 Å². The third-order valence-corrected chi connectivity index (χ3v) is 10.3. The zero-order valence-electron chi connectivity index (χ0n) is 14.7. The number of hydrogen-bond donors (Lipinski definition) is 0. The summed E-state index contributed by atoms with van der Waals surface area (Å²) < 4.78 is 1.31. The molecule has 0 N–H and O–H groups in total. The Morgan fingerprint density at radius 3 is 1.15 bits per heavy atom. The molecule has 0 saturated heterocycles. The minimum Gasteiger partial charge on any atom is -1.00 e. The summed E-state index contributed by atoms with van der Waals surface area (Å²) in [6.45, 7) is 0. The summed E-state index contributed by atoms with van der Waals surface area (Å²) in [5, 5.41) is 5.59. The predicted molar refractivity (Wildman–Crippen MR) is 124 cm³/mol. The lowest BCUT2D eigenvalue weighted by Crippen LogP contribution is -3.00. The highest BCUT2D eigenvalue weighted by atomic mass is 127. The van der Waals surface area contributed by atoms with Crippen molar-refractivity contribution in [3.05, 3.63) is 119 Å². The normalized spacial score (nSPS) is 10.9. The van der Waals surface area contributed by atoms with E-state index in [2.05, 4.69) is 138 Å². The van der Waals surface area contributed by atoms with Crippen LogP contribution in [0.15, 0.2) is 115 Å². The molecule has 27 heavy (non-hydrogen) atoms. The van der Waals surface area contributed by atoms with Crippen LogP contribution in [0.4, 0.5) is 0 Å². The Hall–Kier alpha value is -1.48. The molecule has 4 aromatic carbocycles. The van der Waals surface area contributed by atoms with Crippen LogP contribution in [0.3, 0.4) is 0 Å². The summed E-state index contributed by atoms with van der Waals surface area (Å²) in [5.41, 5.74) is 0. The fraction of sp³-hybridized carbons (Fsp3) is 0. The van der Waals surface area contributed by atoms with Crippen LogP contribution in [0.5, 0.6) is 0 Å². The monoisotopic (exact) mass is 544 g/mol. The van der Waals surface area contributed by atoms with Gasteiger partial charge in [-0.3, -0.25) is 0 Å². The van der Waals surface area contributed by atoms with Crippen molar-refractivity contribution in [3.63, 3.8) is 0 Å². The molecule has 0 amide bonds. The van der Waals surface area contributed by atoms with Crippen LogP contribution < -0.4 is 38.2 Å². The van der Waals surface area contributed by atoms with Gasteiger partial charge in [-0.2, -0.15) is 0 Å². The SMILES string of the molecule is Ic1ccccc1[P+](c1ccccc1)(c1ccccc1)c1ccccc1.[Br-]. The first-order chi connectivity index (χ1) is 12.8. The van der Waals surface area contributed by atoms with E-state index in [9.17, 15) is 0 Å². The van der Waals surface area contributed by atoms with Gasteiger partial charge in [0.15, 0.2) is 0 Å². The number of hydrogen-bond acceptors (Lipinski definition) is 0. The summed E-state index contributed by atoms with van der Waals surface area (Å²) in [5.74, 6) is 0. The van der Waals surface area contributed by atoms with Crippen LogP contribution in [-0.4, -0.2) is 0 Å². The third-order valence-electron chi connectivity index (χ3n) is 4.64. The minimum absolute atomic E-state index is 0. The molecule has 0 nitrogen and oxygen atoms in total. The average molecular weight is 545 g/mol. The molecule has 4 aromatic rings. The first-order valence-corrected chi connectivity index (χ1v) is 11.5. The molecule has 0 spiro atoms. The first kappa shape index (κ1) is 20.3. The van der Waals surface area contributed by atoms with Crippen molar-refractivity contribution in [2.75, 3.05) is 0 Å². The molecule has 0 aliphatic heterocycles. The molecule has 0 aliphatic carbocycles. The van der Waals surface area contributed by atoms with E-state index in [1.165, 1.54) is 24.8 Å². The highest BCUT2D eigenvalue weighted by Crippen LogP contribution is 2.54. The van der Waals surface area contributed by atoms with Crippen molar-refractivity contribution < 1.29 is 17.0 Å². The molecular formula is C24H19BrIP. The van der Waals surface area contributed by atoms with Crippen LogP contribution in [0.1, 0.15) is 0 Å². The topological polar surface area (TPSA) is 0 Å². The number of benzene rings is 4. The van der Waals surface area contributed by atoms with Crippen molar-refractivity contribution in [3.8, 4) is 0 Å². The molecule has 0 atom stereocenters. The van der Waals surface area contributed by atoms with E-state index in [1.54, 1.807) is 0 Å². The Labute approximate surface area is 185 Å². The van der Waals surface area contributed by atoms with Gasteiger partial charge in [0.25, 0.3) is 0 Å². The lowest BCUT2D eigenvalue weighted by molar-refractivity contribution is -0.00000478. The Balaban J connectivity index is 0.00000210. The van der Waals surface area contributed by atoms with Crippen molar-refractivity contribution in [2.24, 2.45) is 0 Å². The first-order valence-electron chi connectivity index (χ1n) is 8.64. The number of halogens is 2. The minimum atomic E-state index is -1.95. The van der Waals surface area contributed by atoms with E-state index in [-0.39, 0.29) is 17.0 Å². The standard InChI is InChI=1S/C24H19IP.BrH/c25-23-18-10-11-19-24(23)26(20-12-4-1-5-13-20,21-14-6-2-7-15-21)22-16-8-3-9-17-22;/h1-19H;1H/q+1;/p-1. The van der Waals surface area contributed by atoms with Gasteiger partial charge in [-0.05, 0) is 71.1 Å². The maximum atomic E-state index is 2.49. The van der Waals surface area contributed by atoms with Crippen LogP contribution in [-0.2, 0) is 0 Å². The van der Waals surface area contributed by atoms with Crippen molar-refractivity contribution >= 4 is 51.1 Å². The summed E-state index contributed by atoms with van der Waals surface area (Å²) in [4.78, 5) is 0. The second kappa shape index (κ2) is 9.14. The van der Waals surface area contributed by atoms with E-state index in [4.69, 9.17) is 0 Å². The van der Waals surface area contributed by atoms with Crippen molar-refractivity contribution in [2.45, 2.75) is 0 Å². The van der Waals surface area contributed by atoms with Crippen LogP contribution in [0.2, 0.25) is 0 Å². The van der Waals surface area contributed by atoms with Gasteiger partial charge in [-0.15, -0.1) is 0 Å². The fourth-order valence-corrected chi connectivity index (χ4v) is 9.31. The van der Waals surface area contributed by atoms with Gasteiger partial charge in [0, 0.05) is 0 Å². The molecule has 0 heterocycles. The molecule has 0 aromatic heterocycles. The zero-order valence-corrected chi connectivity index (χ0v) is 19.3. The second-order valence-electron chi connectivity index (χ2n) is 6.13. The van der Waals surface area contributed by atoms with Gasteiger partial charge in [0.05, 0.1) is 3.57 Å². The largest absolute Gasteiger partial charge is 1.00 e. The summed E-state index contributed by atoms with van der Waals surface area (Å²) >= 11 is 2.49. The van der Waals surface area contributed by atoms with Gasteiger partial charge in [-0.25, -0.2) is 0 Å². The van der Waals surface area contributed by atoms with Crippen LogP contribution in [0, 0.1) is 3.57 Å². The molecule has 0 bridgehead atoms. The number of rotatable bonds is 4. The van der Waals surface area contributed by atoms with Crippen LogP contribution in [0.25, 0.3) is 0 Å². The molecule has 3 heteroatoms. The van der Waals surface area contributed by atoms with Gasteiger partial charge in [0.1, 0.15) is 28.5 Å².